The Morgan fingerprint density at radius 2 is 2.06 bits per heavy atom. The number of hydrogen-bond donors (Lipinski definition) is 1. The van der Waals surface area contributed by atoms with Crippen molar-refractivity contribution in [2.24, 2.45) is 0 Å². The van der Waals surface area contributed by atoms with Gasteiger partial charge in [-0.15, -0.1) is 0 Å². The molecular weight excluding hydrogens is 206 g/mol. The lowest BCUT2D eigenvalue weighted by Gasteiger charge is -2.32. The predicted molar refractivity (Wildman–Crippen MR) is 63.6 cm³/mol. The number of amides is 2. The van der Waals surface area contributed by atoms with Crippen LogP contribution in [-0.4, -0.2) is 68.3 Å². The third kappa shape index (κ3) is 3.98. The highest BCUT2D eigenvalue weighted by Gasteiger charge is 2.20. The highest BCUT2D eigenvalue weighted by atomic mass is 16.5. The van der Waals surface area contributed by atoms with Gasteiger partial charge in [-0.2, -0.15) is 0 Å². The summed E-state index contributed by atoms with van der Waals surface area (Å²) >= 11 is 0. The SMILES string of the molecule is CCOCCN(CC)C(=O)N1CCNCC1. The molecule has 0 aromatic rings. The summed E-state index contributed by atoms with van der Waals surface area (Å²) in [5, 5.41) is 3.24. The third-order valence-corrected chi connectivity index (χ3v) is 2.75. The average Bonchev–Trinajstić information content (AvgIpc) is 2.35. The molecule has 0 saturated carbocycles. The summed E-state index contributed by atoms with van der Waals surface area (Å²) in [4.78, 5) is 15.8. The van der Waals surface area contributed by atoms with Crippen molar-refractivity contribution in [3.05, 3.63) is 0 Å². The van der Waals surface area contributed by atoms with E-state index >= 15 is 0 Å². The lowest BCUT2D eigenvalue weighted by atomic mass is 10.4. The van der Waals surface area contributed by atoms with Crippen molar-refractivity contribution in [3.63, 3.8) is 0 Å². The van der Waals surface area contributed by atoms with Crippen LogP contribution in [0, 0.1) is 0 Å². The number of urea groups is 1. The molecule has 0 aromatic carbocycles. The van der Waals surface area contributed by atoms with E-state index in [1.165, 1.54) is 0 Å². The molecule has 2 amide bonds. The Labute approximate surface area is 97.7 Å². The third-order valence-electron chi connectivity index (χ3n) is 2.75. The molecule has 0 unspecified atom stereocenters. The van der Waals surface area contributed by atoms with Crippen LogP contribution >= 0.6 is 0 Å². The highest BCUT2D eigenvalue weighted by molar-refractivity contribution is 5.74. The molecular formula is C11H23N3O2. The first-order chi connectivity index (χ1) is 7.79. The Kier molecular flexibility index (Phi) is 6.18. The van der Waals surface area contributed by atoms with E-state index in [2.05, 4.69) is 5.32 Å². The van der Waals surface area contributed by atoms with Crippen LogP contribution in [0.5, 0.6) is 0 Å². The minimum absolute atomic E-state index is 0.142. The first-order valence-corrected chi connectivity index (χ1v) is 6.11. The summed E-state index contributed by atoms with van der Waals surface area (Å²) in [7, 11) is 0. The average molecular weight is 229 g/mol. The summed E-state index contributed by atoms with van der Waals surface area (Å²) < 4.78 is 5.28. The fourth-order valence-electron chi connectivity index (χ4n) is 1.76. The molecule has 1 rings (SSSR count). The van der Waals surface area contributed by atoms with E-state index in [0.717, 1.165) is 32.7 Å². The van der Waals surface area contributed by atoms with E-state index in [4.69, 9.17) is 4.74 Å². The van der Waals surface area contributed by atoms with Crippen LogP contribution in [0.1, 0.15) is 13.8 Å². The maximum atomic E-state index is 12.1. The van der Waals surface area contributed by atoms with Crippen LogP contribution in [-0.2, 0) is 4.74 Å². The number of ether oxygens (including phenoxy) is 1. The number of likely N-dealkylation sites (N-methyl/N-ethyl adjacent to an activating group) is 1. The monoisotopic (exact) mass is 229 g/mol. The quantitative estimate of drug-likeness (QED) is 0.693. The number of carbonyl (C=O) groups is 1. The molecule has 5 heteroatoms. The number of nitrogens with one attached hydrogen (secondary N) is 1. The van der Waals surface area contributed by atoms with Crippen LogP contribution < -0.4 is 5.32 Å². The van der Waals surface area contributed by atoms with Crippen molar-refractivity contribution in [2.45, 2.75) is 13.8 Å². The van der Waals surface area contributed by atoms with Crippen LogP contribution in [0.15, 0.2) is 0 Å². The van der Waals surface area contributed by atoms with Gasteiger partial charge in [0.15, 0.2) is 0 Å². The molecule has 0 spiro atoms. The summed E-state index contributed by atoms with van der Waals surface area (Å²) in [6, 6.07) is 0.142. The lowest BCUT2D eigenvalue weighted by Crippen LogP contribution is -2.52. The number of hydrogen-bond acceptors (Lipinski definition) is 3. The smallest absolute Gasteiger partial charge is 0.320 e. The molecule has 94 valence electrons. The molecule has 1 fully saturated rings. The first-order valence-electron chi connectivity index (χ1n) is 6.11. The normalized spacial score (nSPS) is 16.2. The van der Waals surface area contributed by atoms with Gasteiger partial charge in [0.25, 0.3) is 0 Å². The Morgan fingerprint density at radius 1 is 1.38 bits per heavy atom. The molecule has 1 aliphatic heterocycles. The zero-order chi connectivity index (χ0) is 11.8. The molecule has 16 heavy (non-hydrogen) atoms. The standard InChI is InChI=1S/C11H23N3O2/c1-3-13(9-10-16-4-2)11(15)14-7-5-12-6-8-14/h12H,3-10H2,1-2H3. The molecule has 0 bridgehead atoms. The summed E-state index contributed by atoms with van der Waals surface area (Å²) in [5.74, 6) is 0. The number of rotatable bonds is 5. The van der Waals surface area contributed by atoms with E-state index in [0.29, 0.717) is 19.8 Å². The van der Waals surface area contributed by atoms with Gasteiger partial charge in [-0.3, -0.25) is 0 Å². The van der Waals surface area contributed by atoms with Gasteiger partial charge >= 0.3 is 6.03 Å². The van der Waals surface area contributed by atoms with Gasteiger partial charge in [0.2, 0.25) is 0 Å². The Balaban J connectivity index is 2.35. The molecule has 0 radical (unpaired) electrons. The molecule has 1 heterocycles. The Morgan fingerprint density at radius 3 is 2.62 bits per heavy atom. The Bertz CT molecular complexity index is 205. The fourth-order valence-corrected chi connectivity index (χ4v) is 1.76. The van der Waals surface area contributed by atoms with Gasteiger partial charge in [0.1, 0.15) is 0 Å². The van der Waals surface area contributed by atoms with Crippen molar-refractivity contribution < 1.29 is 9.53 Å². The molecule has 0 aliphatic carbocycles. The molecule has 0 atom stereocenters. The zero-order valence-corrected chi connectivity index (χ0v) is 10.4. The van der Waals surface area contributed by atoms with Gasteiger partial charge in [-0.25, -0.2) is 4.79 Å². The van der Waals surface area contributed by atoms with E-state index < -0.39 is 0 Å². The van der Waals surface area contributed by atoms with Crippen molar-refractivity contribution in [2.75, 3.05) is 52.5 Å². The molecule has 1 aliphatic rings. The van der Waals surface area contributed by atoms with Crippen molar-refractivity contribution >= 4 is 6.03 Å². The van der Waals surface area contributed by atoms with E-state index in [9.17, 15) is 4.79 Å². The second-order valence-corrected chi connectivity index (χ2v) is 3.80. The number of nitrogens with zero attached hydrogens (tertiary/aromatic N) is 2. The summed E-state index contributed by atoms with van der Waals surface area (Å²) in [5.41, 5.74) is 0. The molecule has 1 saturated heterocycles. The minimum atomic E-state index is 0.142. The largest absolute Gasteiger partial charge is 0.380 e. The predicted octanol–water partition coefficient (Wildman–Crippen LogP) is 0.370. The number of carbonyl (C=O) groups excluding carboxylic acids is 1. The van der Waals surface area contributed by atoms with Crippen molar-refractivity contribution in [3.8, 4) is 0 Å². The molecule has 1 N–H and O–H groups in total. The van der Waals surface area contributed by atoms with Crippen LogP contribution in [0.3, 0.4) is 0 Å². The second-order valence-electron chi connectivity index (χ2n) is 3.80. The van der Waals surface area contributed by atoms with E-state index in [1.54, 1.807) is 0 Å². The van der Waals surface area contributed by atoms with E-state index in [-0.39, 0.29) is 6.03 Å². The van der Waals surface area contributed by atoms with Gasteiger partial charge in [0, 0.05) is 45.9 Å². The summed E-state index contributed by atoms with van der Waals surface area (Å²) in [6.45, 7) is 10.2. The maximum Gasteiger partial charge on any atom is 0.320 e. The van der Waals surface area contributed by atoms with Gasteiger partial charge < -0.3 is 19.9 Å². The minimum Gasteiger partial charge on any atom is -0.380 e. The van der Waals surface area contributed by atoms with E-state index in [1.807, 2.05) is 23.6 Å². The van der Waals surface area contributed by atoms with Crippen molar-refractivity contribution in [1.82, 2.24) is 15.1 Å². The Hall–Kier alpha value is -0.810. The van der Waals surface area contributed by atoms with Gasteiger partial charge in [-0.05, 0) is 13.8 Å². The zero-order valence-electron chi connectivity index (χ0n) is 10.4. The molecule has 5 nitrogen and oxygen atoms in total. The van der Waals surface area contributed by atoms with Crippen LogP contribution in [0.4, 0.5) is 4.79 Å². The highest BCUT2D eigenvalue weighted by Crippen LogP contribution is 2.01. The van der Waals surface area contributed by atoms with Gasteiger partial charge in [-0.1, -0.05) is 0 Å². The second kappa shape index (κ2) is 7.46. The fraction of sp³-hybridized carbons (Fsp3) is 0.909. The summed E-state index contributed by atoms with van der Waals surface area (Å²) in [6.07, 6.45) is 0. The van der Waals surface area contributed by atoms with Crippen LogP contribution in [0.2, 0.25) is 0 Å². The molecule has 0 aromatic heterocycles. The lowest BCUT2D eigenvalue weighted by molar-refractivity contribution is 0.105. The van der Waals surface area contributed by atoms with Crippen LogP contribution in [0.25, 0.3) is 0 Å². The van der Waals surface area contributed by atoms with Gasteiger partial charge in [0.05, 0.1) is 6.61 Å². The topological polar surface area (TPSA) is 44.8 Å². The first kappa shape index (κ1) is 13.3. The van der Waals surface area contributed by atoms with Crippen molar-refractivity contribution in [1.29, 1.82) is 0 Å². The number of piperazine rings is 1. The maximum absolute atomic E-state index is 12.1.